The summed E-state index contributed by atoms with van der Waals surface area (Å²) < 4.78 is 0. The molecule has 0 bridgehead atoms. The number of Topliss-reactive ketones (excluding diaryl/α,β-unsaturated/α-hetero) is 3. The van der Waals surface area contributed by atoms with Crippen molar-refractivity contribution in [3.05, 3.63) is 195 Å². The number of aromatic amines is 3. The molecule has 0 saturated carbocycles. The first-order valence-electron chi connectivity index (χ1n) is 27.4. The van der Waals surface area contributed by atoms with Crippen molar-refractivity contribution in [1.82, 2.24) is 30.1 Å². The molecule has 10 heteroatoms. The van der Waals surface area contributed by atoms with Crippen molar-refractivity contribution in [3.8, 4) is 0 Å². The highest BCUT2D eigenvalue weighted by molar-refractivity contribution is 6.11. The Labute approximate surface area is 455 Å². The first-order chi connectivity index (χ1) is 37.0. The van der Waals surface area contributed by atoms with Crippen molar-refractivity contribution in [1.29, 1.82) is 0 Å². The van der Waals surface area contributed by atoms with E-state index in [0.29, 0.717) is 60.6 Å². The van der Waals surface area contributed by atoms with Gasteiger partial charge in [0.05, 0.1) is 45.9 Å². The molecular weight excluding hydrogens is 951 g/mol. The molecule has 10 nitrogen and oxygen atoms in total. The quantitative estimate of drug-likeness (QED) is 0.151. The summed E-state index contributed by atoms with van der Waals surface area (Å²) in [5.41, 5.74) is 18.8. The fourth-order valence-corrected chi connectivity index (χ4v) is 10.1. The maximum Gasteiger partial charge on any atom is 0.170 e. The third-order valence-corrected chi connectivity index (χ3v) is 14.1. The van der Waals surface area contributed by atoms with Crippen LogP contribution < -0.4 is 0 Å². The monoisotopic (exact) mass is 1030 g/mol. The number of benzene rings is 6. The summed E-state index contributed by atoms with van der Waals surface area (Å²) in [6.07, 6.45) is 11.8. The zero-order valence-corrected chi connectivity index (χ0v) is 47.2. The average molecular weight is 1030 g/mol. The number of hydrogen-bond acceptors (Lipinski definition) is 7. The number of fused-ring (bicyclic) bond motifs is 6. The van der Waals surface area contributed by atoms with Crippen LogP contribution in [0.1, 0.15) is 214 Å². The van der Waals surface area contributed by atoms with Gasteiger partial charge in [0.25, 0.3) is 0 Å². The number of carbonyl (C=O) groups excluding carboxylic acids is 3. The number of ketones is 3. The second-order valence-corrected chi connectivity index (χ2v) is 21.7. The van der Waals surface area contributed by atoms with Crippen LogP contribution in [-0.2, 0) is 6.42 Å². The first-order valence-corrected chi connectivity index (χ1v) is 27.4. The minimum Gasteiger partial charge on any atom is -0.345 e. The molecule has 0 unspecified atom stereocenters. The molecule has 9 aromatic rings. The number of rotatable bonds is 6. The van der Waals surface area contributed by atoms with Gasteiger partial charge in [-0.15, -0.1) is 0 Å². The standard InChI is InChI=1S/C13H14O.C12H13NO.C12H14O.3C10H12N2/c1-9(2)11-7-3-5-10-6-4-8-12(14)13(10)11;1-8(2)9-4-3-5-10-12(9)11(14)6-7-13-10;1-8(2)10-5-3-4-9-6-7-11(13)12(9)10;2*1-7(2)8-4-3-5-9-10(8)12-6-11-9;1-7(2)10-8-5-3-4-6-9(8)11-12-10/h3-7,9H,8H2,1-2H3;3-5,7-8H,6H2,1-2H3;3-5,8H,6-7H2,1-2H3;3*3-7H,1-2H3,(H,11,12). The zero-order chi connectivity index (χ0) is 55.3. The van der Waals surface area contributed by atoms with Crippen molar-refractivity contribution in [2.75, 3.05) is 0 Å². The lowest BCUT2D eigenvalue weighted by Gasteiger charge is -2.16. The Kier molecular flexibility index (Phi) is 19.4. The number of nitrogens with zero attached hydrogens (tertiary/aromatic N) is 4. The van der Waals surface area contributed by atoms with Crippen molar-refractivity contribution < 1.29 is 14.4 Å². The highest BCUT2D eigenvalue weighted by Gasteiger charge is 2.24. The molecule has 4 heterocycles. The van der Waals surface area contributed by atoms with E-state index in [1.807, 2.05) is 72.8 Å². The molecule has 77 heavy (non-hydrogen) atoms. The number of hydrogen-bond donors (Lipinski definition) is 3. The molecule has 0 radical (unpaired) electrons. The Hall–Kier alpha value is -7.85. The Bertz CT molecular complexity index is 3360. The van der Waals surface area contributed by atoms with Crippen LogP contribution in [0.4, 0.5) is 5.69 Å². The van der Waals surface area contributed by atoms with Crippen LogP contribution >= 0.6 is 0 Å². The number of aliphatic imine (C=N–C) groups is 1. The van der Waals surface area contributed by atoms with Gasteiger partial charge in [0, 0.05) is 53.2 Å². The number of aromatic nitrogens is 6. The van der Waals surface area contributed by atoms with Gasteiger partial charge in [0.1, 0.15) is 0 Å². The fraction of sp³-hybridized carbons (Fsp3) is 0.328. The minimum atomic E-state index is 0.194. The Morgan fingerprint density at radius 3 is 1.55 bits per heavy atom. The van der Waals surface area contributed by atoms with E-state index in [9.17, 15) is 14.4 Å². The van der Waals surface area contributed by atoms with Crippen LogP contribution in [0.5, 0.6) is 0 Å². The van der Waals surface area contributed by atoms with Crippen molar-refractivity contribution in [2.45, 2.75) is 144 Å². The van der Waals surface area contributed by atoms with Crippen LogP contribution in [0.25, 0.3) is 39.0 Å². The maximum atomic E-state index is 11.8. The summed E-state index contributed by atoms with van der Waals surface area (Å²) >= 11 is 0. The number of imidazole rings is 2. The van der Waals surface area contributed by atoms with E-state index in [2.05, 4.69) is 173 Å². The zero-order valence-electron chi connectivity index (χ0n) is 47.2. The summed E-state index contributed by atoms with van der Waals surface area (Å²) in [4.78, 5) is 54.1. The molecule has 0 atom stereocenters. The third-order valence-electron chi connectivity index (χ3n) is 14.1. The largest absolute Gasteiger partial charge is 0.345 e. The summed E-state index contributed by atoms with van der Waals surface area (Å²) in [5.74, 6) is 3.62. The second-order valence-electron chi connectivity index (χ2n) is 21.7. The van der Waals surface area contributed by atoms with Crippen molar-refractivity contribution in [3.63, 3.8) is 0 Å². The molecular formula is C67H77N7O3. The third kappa shape index (κ3) is 13.8. The second kappa shape index (κ2) is 26.3. The van der Waals surface area contributed by atoms with Crippen LogP contribution in [0.15, 0.2) is 139 Å². The van der Waals surface area contributed by atoms with E-state index in [4.69, 9.17) is 0 Å². The van der Waals surface area contributed by atoms with Gasteiger partial charge in [0.15, 0.2) is 17.3 Å². The summed E-state index contributed by atoms with van der Waals surface area (Å²) in [6, 6.07) is 38.9. The SMILES string of the molecule is CC(C)c1[nH]nc2ccccc12.CC(C)c1cccc2[nH]cnc12.CC(C)c1cccc2[nH]cnc12.CC(C)c1cccc2c1C(=O)CC2.CC(C)c1cccc2c1C(=O)CC=C2.CC(C)c1cccc2c1C(=O)CC=N2. The van der Waals surface area contributed by atoms with Gasteiger partial charge >= 0.3 is 0 Å². The van der Waals surface area contributed by atoms with Gasteiger partial charge in [-0.25, -0.2) is 9.97 Å². The number of allylic oxidation sites excluding steroid dienone is 1. The van der Waals surface area contributed by atoms with Crippen LogP contribution in [0.3, 0.4) is 0 Å². The van der Waals surface area contributed by atoms with E-state index in [-0.39, 0.29) is 11.6 Å². The maximum absolute atomic E-state index is 11.8. The molecule has 3 aromatic heterocycles. The minimum absolute atomic E-state index is 0.194. The lowest BCUT2D eigenvalue weighted by Crippen LogP contribution is -2.09. The molecule has 0 fully saturated rings. The van der Waals surface area contributed by atoms with Gasteiger partial charge in [-0.05, 0) is 105 Å². The van der Waals surface area contributed by atoms with E-state index in [0.717, 1.165) is 67.5 Å². The normalized spacial score (nSPS) is 13.1. The van der Waals surface area contributed by atoms with Gasteiger partial charge in [-0.2, -0.15) is 5.10 Å². The lowest BCUT2D eigenvalue weighted by atomic mass is 9.87. The van der Waals surface area contributed by atoms with Crippen molar-refractivity contribution >= 4 is 68.3 Å². The predicted octanol–water partition coefficient (Wildman–Crippen LogP) is 17.5. The Balaban J connectivity index is 0.000000134. The molecule has 3 N–H and O–H groups in total. The lowest BCUT2D eigenvalue weighted by molar-refractivity contribution is 0.0985. The Morgan fingerprint density at radius 1 is 0.455 bits per heavy atom. The van der Waals surface area contributed by atoms with Crippen LogP contribution in [0, 0.1) is 0 Å². The Morgan fingerprint density at radius 2 is 0.961 bits per heavy atom. The highest BCUT2D eigenvalue weighted by Crippen LogP contribution is 2.33. The molecule has 6 aromatic carbocycles. The molecule has 3 aliphatic rings. The first kappa shape index (κ1) is 56.9. The van der Waals surface area contributed by atoms with E-state index in [1.165, 1.54) is 38.9 Å². The molecule has 2 aliphatic carbocycles. The smallest absolute Gasteiger partial charge is 0.170 e. The molecule has 0 spiro atoms. The molecule has 0 amide bonds. The molecule has 12 rings (SSSR count). The number of aryl methyl sites for hydroxylation is 1. The van der Waals surface area contributed by atoms with E-state index < -0.39 is 0 Å². The van der Waals surface area contributed by atoms with Gasteiger partial charge < -0.3 is 9.97 Å². The number of para-hydroxylation sites is 3. The molecule has 0 saturated heterocycles. The number of H-pyrrole nitrogens is 3. The van der Waals surface area contributed by atoms with Crippen LogP contribution in [0.2, 0.25) is 0 Å². The molecule has 398 valence electrons. The summed E-state index contributed by atoms with van der Waals surface area (Å²) in [7, 11) is 0. The van der Waals surface area contributed by atoms with Crippen molar-refractivity contribution in [2.24, 2.45) is 4.99 Å². The highest BCUT2D eigenvalue weighted by atomic mass is 16.1. The summed E-state index contributed by atoms with van der Waals surface area (Å²) in [5, 5.41) is 8.52. The van der Waals surface area contributed by atoms with E-state index >= 15 is 0 Å². The fourth-order valence-electron chi connectivity index (χ4n) is 10.1. The number of carbonyl (C=O) groups is 3. The average Bonchev–Trinajstić information content (AvgIpc) is 4.27. The molecule has 1 aliphatic heterocycles. The van der Waals surface area contributed by atoms with Gasteiger partial charge in [-0.3, -0.25) is 24.5 Å². The van der Waals surface area contributed by atoms with Crippen LogP contribution in [-0.4, -0.2) is 53.7 Å². The number of nitrogens with one attached hydrogen (secondary N) is 3. The predicted molar refractivity (Wildman–Crippen MR) is 320 cm³/mol. The van der Waals surface area contributed by atoms with Gasteiger partial charge in [-0.1, -0.05) is 186 Å². The topological polar surface area (TPSA) is 150 Å². The van der Waals surface area contributed by atoms with Gasteiger partial charge in [0.2, 0.25) is 0 Å². The summed E-state index contributed by atoms with van der Waals surface area (Å²) in [6.45, 7) is 25.8. The van der Waals surface area contributed by atoms with E-state index in [1.54, 1.807) is 18.9 Å².